The van der Waals surface area contributed by atoms with Gasteiger partial charge in [-0.1, -0.05) is 47.5 Å². The molecule has 0 bridgehead atoms. The summed E-state index contributed by atoms with van der Waals surface area (Å²) in [4.78, 5) is 0. The van der Waals surface area contributed by atoms with E-state index < -0.39 is 0 Å². The van der Waals surface area contributed by atoms with Gasteiger partial charge in [-0.05, 0) is 50.3 Å². The molecule has 1 rings (SSSR count). The van der Waals surface area contributed by atoms with Crippen LogP contribution in [0.2, 0.25) is 0 Å². The van der Waals surface area contributed by atoms with Crippen molar-refractivity contribution >= 4 is 15.9 Å². The number of ether oxygens (including phenoxy) is 1. The number of aryl methyl sites for hydroxylation is 1. The Morgan fingerprint density at radius 1 is 1.22 bits per heavy atom. The Kier molecular flexibility index (Phi) is 6.37. The molecule has 1 aromatic carbocycles. The van der Waals surface area contributed by atoms with Gasteiger partial charge in [0.1, 0.15) is 0 Å². The minimum absolute atomic E-state index is 0.198. The summed E-state index contributed by atoms with van der Waals surface area (Å²) in [6.45, 7) is 9.37. The Morgan fingerprint density at radius 2 is 1.94 bits per heavy atom. The molecule has 0 aliphatic carbocycles. The number of halogens is 1. The van der Waals surface area contributed by atoms with Gasteiger partial charge in [0.05, 0.1) is 5.60 Å². The highest BCUT2D eigenvalue weighted by atomic mass is 79.9. The van der Waals surface area contributed by atoms with E-state index in [0.29, 0.717) is 0 Å². The maximum atomic E-state index is 5.92. The fraction of sp³-hybridized carbons (Fsp3) is 0.625. The number of alkyl halides is 1. The van der Waals surface area contributed by atoms with Crippen LogP contribution in [0.5, 0.6) is 0 Å². The van der Waals surface area contributed by atoms with E-state index >= 15 is 0 Å². The molecule has 102 valence electrons. The minimum atomic E-state index is -0.198. The fourth-order valence-electron chi connectivity index (χ4n) is 2.29. The SMILES string of the molecule is CCCCc1ccc(CBr)cc1C(C)(C)OCC. The van der Waals surface area contributed by atoms with E-state index in [9.17, 15) is 0 Å². The highest BCUT2D eigenvalue weighted by Gasteiger charge is 2.23. The molecule has 0 saturated carbocycles. The van der Waals surface area contributed by atoms with Gasteiger partial charge in [-0.15, -0.1) is 0 Å². The smallest absolute Gasteiger partial charge is 0.0877 e. The summed E-state index contributed by atoms with van der Waals surface area (Å²) in [5, 5.41) is 0.899. The first-order chi connectivity index (χ1) is 8.55. The van der Waals surface area contributed by atoms with Gasteiger partial charge in [-0.3, -0.25) is 0 Å². The third-order valence-corrected chi connectivity index (χ3v) is 3.93. The molecule has 0 saturated heterocycles. The number of hydrogen-bond acceptors (Lipinski definition) is 1. The van der Waals surface area contributed by atoms with Crippen LogP contribution in [0.4, 0.5) is 0 Å². The second kappa shape index (κ2) is 7.30. The normalized spacial score (nSPS) is 11.8. The van der Waals surface area contributed by atoms with Crippen molar-refractivity contribution in [3.63, 3.8) is 0 Å². The zero-order valence-corrected chi connectivity index (χ0v) is 13.6. The predicted octanol–water partition coefficient (Wildman–Crippen LogP) is 5.20. The third-order valence-electron chi connectivity index (χ3n) is 3.28. The average Bonchev–Trinajstić information content (AvgIpc) is 2.36. The number of rotatable bonds is 7. The van der Waals surface area contributed by atoms with Gasteiger partial charge in [0.25, 0.3) is 0 Å². The van der Waals surface area contributed by atoms with E-state index in [4.69, 9.17) is 4.74 Å². The lowest BCUT2D eigenvalue weighted by atomic mass is 9.89. The zero-order valence-electron chi connectivity index (χ0n) is 12.1. The van der Waals surface area contributed by atoms with Crippen LogP contribution in [0.15, 0.2) is 18.2 Å². The lowest BCUT2D eigenvalue weighted by Crippen LogP contribution is -2.23. The Bertz CT molecular complexity index is 371. The van der Waals surface area contributed by atoms with Crippen molar-refractivity contribution in [2.75, 3.05) is 6.61 Å². The molecule has 0 spiro atoms. The molecule has 0 radical (unpaired) electrons. The molecule has 0 aromatic heterocycles. The van der Waals surface area contributed by atoms with Crippen LogP contribution in [0.1, 0.15) is 57.2 Å². The number of benzene rings is 1. The van der Waals surface area contributed by atoms with Crippen LogP contribution in [0.25, 0.3) is 0 Å². The van der Waals surface area contributed by atoms with Crippen molar-refractivity contribution in [1.29, 1.82) is 0 Å². The molecule has 0 N–H and O–H groups in total. The third kappa shape index (κ3) is 4.10. The molecule has 18 heavy (non-hydrogen) atoms. The first-order valence-electron chi connectivity index (χ1n) is 6.87. The second-order valence-electron chi connectivity index (χ2n) is 5.17. The van der Waals surface area contributed by atoms with Gasteiger partial charge in [-0.2, -0.15) is 0 Å². The average molecular weight is 313 g/mol. The van der Waals surface area contributed by atoms with Crippen LogP contribution in [0, 0.1) is 0 Å². The Morgan fingerprint density at radius 3 is 2.50 bits per heavy atom. The maximum absolute atomic E-state index is 5.92. The zero-order chi connectivity index (χ0) is 13.6. The van der Waals surface area contributed by atoms with Gasteiger partial charge in [0.15, 0.2) is 0 Å². The minimum Gasteiger partial charge on any atom is -0.371 e. The Labute approximate surface area is 120 Å². The van der Waals surface area contributed by atoms with E-state index in [1.165, 1.54) is 29.5 Å². The quantitative estimate of drug-likeness (QED) is 0.629. The molecule has 1 aromatic rings. The van der Waals surface area contributed by atoms with Crippen molar-refractivity contribution in [2.45, 2.75) is 57.9 Å². The van der Waals surface area contributed by atoms with Gasteiger partial charge in [-0.25, -0.2) is 0 Å². The first kappa shape index (κ1) is 15.7. The summed E-state index contributed by atoms with van der Waals surface area (Å²) in [5.74, 6) is 0. The van der Waals surface area contributed by atoms with Crippen molar-refractivity contribution in [1.82, 2.24) is 0 Å². The molecule has 0 unspecified atom stereocenters. The van der Waals surface area contributed by atoms with E-state index in [-0.39, 0.29) is 5.60 Å². The van der Waals surface area contributed by atoms with Gasteiger partial charge in [0, 0.05) is 11.9 Å². The van der Waals surface area contributed by atoms with Crippen LogP contribution >= 0.6 is 15.9 Å². The molecule has 1 nitrogen and oxygen atoms in total. The van der Waals surface area contributed by atoms with Crippen LogP contribution in [0.3, 0.4) is 0 Å². The second-order valence-corrected chi connectivity index (χ2v) is 5.73. The number of unbranched alkanes of at least 4 members (excludes halogenated alkanes) is 1. The van der Waals surface area contributed by atoms with E-state index in [1.54, 1.807) is 0 Å². The van der Waals surface area contributed by atoms with Crippen molar-refractivity contribution in [3.05, 3.63) is 34.9 Å². The predicted molar refractivity (Wildman–Crippen MR) is 82.3 cm³/mol. The van der Waals surface area contributed by atoms with Gasteiger partial charge in [0.2, 0.25) is 0 Å². The summed E-state index contributed by atoms with van der Waals surface area (Å²) >= 11 is 3.53. The lowest BCUT2D eigenvalue weighted by molar-refractivity contribution is -0.0147. The maximum Gasteiger partial charge on any atom is 0.0877 e. The molecule has 0 atom stereocenters. The molecule has 0 aliphatic heterocycles. The van der Waals surface area contributed by atoms with E-state index in [2.05, 4.69) is 61.8 Å². The molecule has 2 heteroatoms. The Balaban J connectivity index is 3.10. The molecular weight excluding hydrogens is 288 g/mol. The molecule has 0 amide bonds. The van der Waals surface area contributed by atoms with Gasteiger partial charge < -0.3 is 4.74 Å². The molecule has 0 fully saturated rings. The standard InChI is InChI=1S/C16H25BrO/c1-5-7-8-14-10-9-13(12-17)11-15(14)16(3,4)18-6-2/h9-11H,5-8,12H2,1-4H3. The summed E-state index contributed by atoms with van der Waals surface area (Å²) in [5.41, 5.74) is 3.89. The van der Waals surface area contributed by atoms with Crippen molar-refractivity contribution < 1.29 is 4.74 Å². The highest BCUT2D eigenvalue weighted by Crippen LogP contribution is 2.30. The molecule has 0 aliphatic rings. The summed E-state index contributed by atoms with van der Waals surface area (Å²) in [6, 6.07) is 6.77. The molecule has 0 heterocycles. The van der Waals surface area contributed by atoms with Crippen LogP contribution in [-0.2, 0) is 22.1 Å². The lowest BCUT2D eigenvalue weighted by Gasteiger charge is -2.28. The van der Waals surface area contributed by atoms with E-state index in [1.807, 2.05) is 0 Å². The van der Waals surface area contributed by atoms with E-state index in [0.717, 1.165) is 18.4 Å². The summed E-state index contributed by atoms with van der Waals surface area (Å²) < 4.78 is 5.92. The van der Waals surface area contributed by atoms with Crippen LogP contribution in [-0.4, -0.2) is 6.61 Å². The fourth-order valence-corrected chi connectivity index (χ4v) is 2.64. The molecular formula is C16H25BrO. The van der Waals surface area contributed by atoms with Crippen molar-refractivity contribution in [2.24, 2.45) is 0 Å². The highest BCUT2D eigenvalue weighted by molar-refractivity contribution is 9.08. The first-order valence-corrected chi connectivity index (χ1v) is 7.99. The largest absolute Gasteiger partial charge is 0.371 e. The summed E-state index contributed by atoms with van der Waals surface area (Å²) in [7, 11) is 0. The number of hydrogen-bond donors (Lipinski definition) is 0. The van der Waals surface area contributed by atoms with Crippen molar-refractivity contribution in [3.8, 4) is 0 Å². The summed E-state index contributed by atoms with van der Waals surface area (Å²) in [6.07, 6.45) is 3.61. The topological polar surface area (TPSA) is 9.23 Å². The van der Waals surface area contributed by atoms with Gasteiger partial charge >= 0.3 is 0 Å². The van der Waals surface area contributed by atoms with Crippen LogP contribution < -0.4 is 0 Å². The monoisotopic (exact) mass is 312 g/mol. The Hall–Kier alpha value is -0.340.